The average Bonchev–Trinajstić information content (AvgIpc) is 2.51. The topological polar surface area (TPSA) is 79.8 Å². The zero-order valence-electron chi connectivity index (χ0n) is 14.3. The molecule has 2 atom stereocenters. The summed E-state index contributed by atoms with van der Waals surface area (Å²) >= 11 is 0. The second-order valence-corrected chi connectivity index (χ2v) is 6.18. The highest BCUT2D eigenvalue weighted by atomic mass is 19.4. The number of anilines is 2. The highest BCUT2D eigenvalue weighted by Crippen LogP contribution is 2.32. The Morgan fingerprint density at radius 1 is 1.08 bits per heavy atom. The molecule has 1 aliphatic carbocycles. The molecule has 0 saturated carbocycles. The summed E-state index contributed by atoms with van der Waals surface area (Å²) in [4.78, 5) is 23.1. The summed E-state index contributed by atoms with van der Waals surface area (Å²) in [5.41, 5.74) is -0.249. The van der Waals surface area contributed by atoms with Crippen molar-refractivity contribution in [2.24, 2.45) is 0 Å². The number of ketones is 1. The molecular weight excluding hydrogens is 361 g/mol. The third-order valence-corrected chi connectivity index (χ3v) is 3.57. The summed E-state index contributed by atoms with van der Waals surface area (Å²) in [5.74, 6) is -3.46. The number of nitrogens with one attached hydrogen (secondary N) is 2. The number of nitrogens with zero attached hydrogens (tertiary/aromatic N) is 3. The number of aromatic nitrogens is 3. The first kappa shape index (κ1) is 20.0. The quantitative estimate of drug-likeness (QED) is 0.763. The lowest BCUT2D eigenvalue weighted by molar-refractivity contribution is -0.138. The minimum absolute atomic E-state index is 0.0861. The molecule has 1 aliphatic rings. The summed E-state index contributed by atoms with van der Waals surface area (Å²) in [5, 5.41) is 4.86. The average molecular weight is 379 g/mol. The molecule has 2 N–H and O–H groups in total. The van der Waals surface area contributed by atoms with E-state index in [1.54, 1.807) is 13.8 Å². The Bertz CT molecular complexity index is 719. The van der Waals surface area contributed by atoms with Gasteiger partial charge in [0.05, 0.1) is 0 Å². The molecule has 0 saturated heterocycles. The van der Waals surface area contributed by atoms with Crippen LogP contribution in [0.25, 0.3) is 5.57 Å². The maximum Gasteiger partial charge on any atom is 0.408 e. The van der Waals surface area contributed by atoms with Gasteiger partial charge >= 0.3 is 6.18 Å². The van der Waals surface area contributed by atoms with E-state index in [1.807, 2.05) is 0 Å². The summed E-state index contributed by atoms with van der Waals surface area (Å²) in [6, 6.07) is -2.13. The molecule has 11 heteroatoms. The second-order valence-electron chi connectivity index (χ2n) is 6.18. The molecule has 1 aromatic rings. The molecule has 0 radical (unpaired) electrons. The van der Waals surface area contributed by atoms with Crippen molar-refractivity contribution in [2.75, 3.05) is 10.6 Å². The smallest absolute Gasteiger partial charge is 0.352 e. The summed E-state index contributed by atoms with van der Waals surface area (Å²) in [6.45, 7) is 4.36. The van der Waals surface area contributed by atoms with Crippen LogP contribution in [-0.2, 0) is 4.79 Å². The van der Waals surface area contributed by atoms with Crippen LogP contribution < -0.4 is 10.6 Å². The van der Waals surface area contributed by atoms with E-state index in [0.29, 0.717) is 0 Å². The van der Waals surface area contributed by atoms with E-state index in [-0.39, 0.29) is 36.2 Å². The van der Waals surface area contributed by atoms with E-state index in [4.69, 9.17) is 0 Å². The maximum atomic E-state index is 14.1. The number of rotatable bonds is 5. The van der Waals surface area contributed by atoms with E-state index in [0.717, 1.165) is 6.92 Å². The van der Waals surface area contributed by atoms with Crippen molar-refractivity contribution in [3.05, 3.63) is 11.7 Å². The van der Waals surface area contributed by atoms with Gasteiger partial charge in [0.25, 0.3) is 0 Å². The number of hydrogen-bond donors (Lipinski definition) is 2. The number of carbonyl (C=O) groups is 1. The minimum atomic E-state index is -4.55. The number of carbonyl (C=O) groups excluding carboxylic acids is 1. The fourth-order valence-electron chi connectivity index (χ4n) is 2.18. The number of Topliss-reactive ketones (excluding diaryl/α,β-unsaturated/α-hetero) is 1. The molecule has 0 unspecified atom stereocenters. The summed E-state index contributed by atoms with van der Waals surface area (Å²) in [6.07, 6.45) is -6.90. The standard InChI is InChI=1S/C15H18F5N5O/c1-6(2)21-13-23-12(8-4-5-9(16)11(26)10(8)17)24-14(25-13)22-7(3)15(18,19)20/h6-7,9H,4-5H2,1-3H3,(H2,21,22,23,24,25)/t7-,9-/m1/s1. The Kier molecular flexibility index (Phi) is 5.77. The molecule has 144 valence electrons. The lowest BCUT2D eigenvalue weighted by atomic mass is 9.95. The van der Waals surface area contributed by atoms with E-state index in [1.165, 1.54) is 0 Å². The van der Waals surface area contributed by atoms with Crippen LogP contribution >= 0.6 is 0 Å². The first-order valence-electron chi connectivity index (χ1n) is 7.92. The van der Waals surface area contributed by atoms with Crippen LogP contribution in [0.3, 0.4) is 0 Å². The Morgan fingerprint density at radius 3 is 2.19 bits per heavy atom. The predicted molar refractivity (Wildman–Crippen MR) is 84.9 cm³/mol. The number of halogens is 5. The third-order valence-electron chi connectivity index (χ3n) is 3.57. The molecule has 0 amide bonds. The van der Waals surface area contributed by atoms with E-state index >= 15 is 0 Å². The van der Waals surface area contributed by atoms with Crippen LogP contribution in [0.5, 0.6) is 0 Å². The van der Waals surface area contributed by atoms with Crippen molar-refractivity contribution >= 4 is 23.3 Å². The number of alkyl halides is 4. The molecular formula is C15H18F5N5O. The molecule has 1 heterocycles. The van der Waals surface area contributed by atoms with Gasteiger partial charge in [-0.15, -0.1) is 0 Å². The van der Waals surface area contributed by atoms with E-state index in [9.17, 15) is 26.7 Å². The lowest BCUT2D eigenvalue weighted by Crippen LogP contribution is -2.34. The molecule has 6 nitrogen and oxygen atoms in total. The molecule has 0 spiro atoms. The Morgan fingerprint density at radius 2 is 1.65 bits per heavy atom. The molecule has 26 heavy (non-hydrogen) atoms. The Labute approximate surface area is 146 Å². The monoisotopic (exact) mass is 379 g/mol. The SMILES string of the molecule is CC(C)Nc1nc(N[C@H](C)C(F)(F)F)nc(C2=C(F)C(=O)[C@H](F)CC2)n1. The fraction of sp³-hybridized carbons (Fsp3) is 0.600. The van der Waals surface area contributed by atoms with Crippen molar-refractivity contribution in [1.82, 2.24) is 15.0 Å². The first-order chi connectivity index (χ1) is 12.0. The highest BCUT2D eigenvalue weighted by molar-refractivity contribution is 6.04. The van der Waals surface area contributed by atoms with Gasteiger partial charge in [-0.1, -0.05) is 0 Å². The maximum absolute atomic E-state index is 14.1. The van der Waals surface area contributed by atoms with Crippen LogP contribution in [0.2, 0.25) is 0 Å². The molecule has 2 rings (SSSR count). The van der Waals surface area contributed by atoms with Gasteiger partial charge in [-0.2, -0.15) is 28.1 Å². The molecule has 1 aromatic heterocycles. The van der Waals surface area contributed by atoms with E-state index < -0.39 is 35.9 Å². The van der Waals surface area contributed by atoms with Gasteiger partial charge in [-0.3, -0.25) is 4.79 Å². The van der Waals surface area contributed by atoms with Crippen LogP contribution in [0, 0.1) is 0 Å². The normalized spacial score (nSPS) is 19.7. The number of allylic oxidation sites excluding steroid dienone is 2. The van der Waals surface area contributed by atoms with Crippen LogP contribution in [0.4, 0.5) is 33.8 Å². The van der Waals surface area contributed by atoms with Crippen molar-refractivity contribution in [3.63, 3.8) is 0 Å². The second kappa shape index (κ2) is 7.50. The van der Waals surface area contributed by atoms with Crippen molar-refractivity contribution in [2.45, 2.75) is 58.0 Å². The Hall–Kier alpha value is -2.33. The molecule has 0 fully saturated rings. The van der Waals surface area contributed by atoms with Gasteiger partial charge in [0.1, 0.15) is 6.04 Å². The van der Waals surface area contributed by atoms with Gasteiger partial charge in [0.2, 0.25) is 17.7 Å². The summed E-state index contributed by atoms with van der Waals surface area (Å²) < 4.78 is 65.7. The van der Waals surface area contributed by atoms with Crippen molar-refractivity contribution in [1.29, 1.82) is 0 Å². The van der Waals surface area contributed by atoms with Crippen molar-refractivity contribution < 1.29 is 26.7 Å². The molecule has 0 aromatic carbocycles. The zero-order valence-corrected chi connectivity index (χ0v) is 14.3. The van der Waals surface area contributed by atoms with Crippen molar-refractivity contribution in [3.8, 4) is 0 Å². The fourth-order valence-corrected chi connectivity index (χ4v) is 2.18. The zero-order chi connectivity index (χ0) is 19.6. The third kappa shape index (κ3) is 4.64. The molecule has 0 aliphatic heterocycles. The first-order valence-corrected chi connectivity index (χ1v) is 7.92. The van der Waals surface area contributed by atoms with Gasteiger partial charge in [-0.25, -0.2) is 8.78 Å². The number of hydrogen-bond acceptors (Lipinski definition) is 6. The van der Waals surface area contributed by atoms with Gasteiger partial charge in [0.15, 0.2) is 17.8 Å². The van der Waals surface area contributed by atoms with Gasteiger partial charge in [0, 0.05) is 11.6 Å². The lowest BCUT2D eigenvalue weighted by Gasteiger charge is -2.20. The van der Waals surface area contributed by atoms with Crippen LogP contribution in [0.1, 0.15) is 39.4 Å². The summed E-state index contributed by atoms with van der Waals surface area (Å²) in [7, 11) is 0. The minimum Gasteiger partial charge on any atom is -0.352 e. The highest BCUT2D eigenvalue weighted by Gasteiger charge is 2.37. The van der Waals surface area contributed by atoms with Gasteiger partial charge in [-0.05, 0) is 33.6 Å². The van der Waals surface area contributed by atoms with Gasteiger partial charge < -0.3 is 10.6 Å². The van der Waals surface area contributed by atoms with E-state index in [2.05, 4.69) is 25.6 Å². The molecule has 0 bridgehead atoms. The van der Waals surface area contributed by atoms with Crippen LogP contribution in [-0.4, -0.2) is 45.2 Å². The van der Waals surface area contributed by atoms with Crippen LogP contribution in [0.15, 0.2) is 5.83 Å². The largest absolute Gasteiger partial charge is 0.408 e. The predicted octanol–water partition coefficient (Wildman–Crippen LogP) is 3.44. The Balaban J connectivity index is 2.45.